The topological polar surface area (TPSA) is 66.4 Å². The molecule has 86 valence electrons. The monoisotopic (exact) mass is 239 g/mol. The molecule has 0 radical (unpaired) electrons. The van der Waals surface area contributed by atoms with Gasteiger partial charge in [-0.25, -0.2) is 4.79 Å². The Morgan fingerprint density at radius 3 is 2.56 bits per heavy atom. The Labute approximate surface area is 98.0 Å². The van der Waals surface area contributed by atoms with Crippen molar-refractivity contribution in [1.82, 2.24) is 5.32 Å². The first-order valence-electron chi connectivity index (χ1n) is 4.91. The standard InChI is InChI=1S/C11H13NO3S/c13-10(7-4-8-12-11(14)15)16-9-5-2-1-3-6-9/h1-3,5-6,12H,4,7-8H2,(H,14,15). The molecule has 0 aliphatic carbocycles. The molecule has 2 N–H and O–H groups in total. The molecule has 0 spiro atoms. The van der Waals surface area contributed by atoms with Gasteiger partial charge < -0.3 is 10.4 Å². The van der Waals surface area contributed by atoms with Crippen molar-refractivity contribution < 1.29 is 14.7 Å². The predicted octanol–water partition coefficient (Wildman–Crippen LogP) is 2.35. The number of carboxylic acid groups (broad SMARTS) is 1. The van der Waals surface area contributed by atoms with E-state index in [4.69, 9.17) is 5.11 Å². The highest BCUT2D eigenvalue weighted by atomic mass is 32.2. The summed E-state index contributed by atoms with van der Waals surface area (Å²) in [5.41, 5.74) is 0. The Hall–Kier alpha value is -1.49. The van der Waals surface area contributed by atoms with Crippen LogP contribution in [0.3, 0.4) is 0 Å². The first kappa shape index (κ1) is 12.6. The van der Waals surface area contributed by atoms with Crippen LogP contribution in [0.4, 0.5) is 4.79 Å². The first-order valence-corrected chi connectivity index (χ1v) is 5.72. The minimum absolute atomic E-state index is 0.0541. The Morgan fingerprint density at radius 1 is 1.25 bits per heavy atom. The summed E-state index contributed by atoms with van der Waals surface area (Å²) < 4.78 is 0. The van der Waals surface area contributed by atoms with Gasteiger partial charge >= 0.3 is 6.09 Å². The maximum absolute atomic E-state index is 11.4. The molecule has 0 atom stereocenters. The second-order valence-electron chi connectivity index (χ2n) is 3.12. The molecule has 1 aromatic rings. The van der Waals surface area contributed by atoms with Crippen LogP contribution in [0.5, 0.6) is 0 Å². The maximum atomic E-state index is 11.4. The summed E-state index contributed by atoms with van der Waals surface area (Å²) in [5.74, 6) is 0. The highest BCUT2D eigenvalue weighted by molar-refractivity contribution is 8.13. The minimum Gasteiger partial charge on any atom is -0.465 e. The molecule has 0 bridgehead atoms. The molecule has 1 aromatic carbocycles. The molecule has 0 fully saturated rings. The van der Waals surface area contributed by atoms with Crippen molar-refractivity contribution in [2.75, 3.05) is 6.54 Å². The van der Waals surface area contributed by atoms with Crippen LogP contribution in [0.1, 0.15) is 12.8 Å². The number of hydrogen-bond acceptors (Lipinski definition) is 3. The summed E-state index contributed by atoms with van der Waals surface area (Å²) in [5, 5.41) is 10.6. The van der Waals surface area contributed by atoms with Gasteiger partial charge in [-0.2, -0.15) is 0 Å². The van der Waals surface area contributed by atoms with E-state index in [1.807, 2.05) is 30.3 Å². The molecular formula is C11H13NO3S. The highest BCUT2D eigenvalue weighted by Gasteiger charge is 2.04. The van der Waals surface area contributed by atoms with E-state index in [9.17, 15) is 9.59 Å². The van der Waals surface area contributed by atoms with Gasteiger partial charge in [0.1, 0.15) is 0 Å². The van der Waals surface area contributed by atoms with Crippen LogP contribution in [0.2, 0.25) is 0 Å². The fourth-order valence-electron chi connectivity index (χ4n) is 1.10. The summed E-state index contributed by atoms with van der Waals surface area (Å²) >= 11 is 1.19. The van der Waals surface area contributed by atoms with Crippen LogP contribution in [0, 0.1) is 0 Å². The van der Waals surface area contributed by atoms with Crippen LogP contribution < -0.4 is 5.32 Å². The maximum Gasteiger partial charge on any atom is 0.404 e. The van der Waals surface area contributed by atoms with E-state index >= 15 is 0 Å². The van der Waals surface area contributed by atoms with Crippen LogP contribution in [0.25, 0.3) is 0 Å². The molecule has 1 rings (SSSR count). The second-order valence-corrected chi connectivity index (χ2v) is 4.25. The van der Waals surface area contributed by atoms with Crippen molar-refractivity contribution in [2.45, 2.75) is 17.7 Å². The molecular weight excluding hydrogens is 226 g/mol. The average Bonchev–Trinajstić information content (AvgIpc) is 2.25. The van der Waals surface area contributed by atoms with Gasteiger partial charge in [0.25, 0.3) is 0 Å². The third-order valence-electron chi connectivity index (χ3n) is 1.81. The molecule has 0 heterocycles. The van der Waals surface area contributed by atoms with Crippen molar-refractivity contribution in [3.63, 3.8) is 0 Å². The molecule has 5 heteroatoms. The van der Waals surface area contributed by atoms with Gasteiger partial charge in [-0.1, -0.05) is 30.0 Å². The zero-order valence-corrected chi connectivity index (χ0v) is 9.50. The van der Waals surface area contributed by atoms with Gasteiger partial charge in [-0.05, 0) is 18.6 Å². The van der Waals surface area contributed by atoms with E-state index in [-0.39, 0.29) is 5.12 Å². The zero-order chi connectivity index (χ0) is 11.8. The Bertz CT molecular complexity index is 354. The lowest BCUT2D eigenvalue weighted by molar-refractivity contribution is -0.111. The second kappa shape index (κ2) is 6.90. The normalized spacial score (nSPS) is 9.75. The number of carbonyl (C=O) groups is 2. The van der Waals surface area contributed by atoms with E-state index in [2.05, 4.69) is 5.32 Å². The van der Waals surface area contributed by atoms with Crippen LogP contribution in [-0.2, 0) is 4.79 Å². The van der Waals surface area contributed by atoms with Gasteiger partial charge in [0, 0.05) is 17.9 Å². The van der Waals surface area contributed by atoms with Gasteiger partial charge in [0.05, 0.1) is 0 Å². The number of benzene rings is 1. The van der Waals surface area contributed by atoms with Crippen LogP contribution in [0.15, 0.2) is 35.2 Å². The molecule has 16 heavy (non-hydrogen) atoms. The average molecular weight is 239 g/mol. The van der Waals surface area contributed by atoms with Crippen molar-refractivity contribution in [1.29, 1.82) is 0 Å². The van der Waals surface area contributed by atoms with E-state index in [0.717, 1.165) is 4.90 Å². The lowest BCUT2D eigenvalue weighted by Crippen LogP contribution is -2.22. The zero-order valence-electron chi connectivity index (χ0n) is 8.68. The fourth-order valence-corrected chi connectivity index (χ4v) is 1.90. The minimum atomic E-state index is -1.05. The van der Waals surface area contributed by atoms with E-state index in [0.29, 0.717) is 19.4 Å². The van der Waals surface area contributed by atoms with Crippen molar-refractivity contribution in [3.8, 4) is 0 Å². The molecule has 4 nitrogen and oxygen atoms in total. The largest absolute Gasteiger partial charge is 0.465 e. The van der Waals surface area contributed by atoms with E-state index < -0.39 is 6.09 Å². The first-order chi connectivity index (χ1) is 7.68. The highest BCUT2D eigenvalue weighted by Crippen LogP contribution is 2.19. The summed E-state index contributed by atoms with van der Waals surface area (Å²) in [6.45, 7) is 0.316. The van der Waals surface area contributed by atoms with Crippen LogP contribution in [-0.4, -0.2) is 22.9 Å². The summed E-state index contributed by atoms with van der Waals surface area (Å²) in [6.07, 6.45) is -0.145. The van der Waals surface area contributed by atoms with Gasteiger partial charge in [0.2, 0.25) is 0 Å². The van der Waals surface area contributed by atoms with E-state index in [1.165, 1.54) is 11.8 Å². The molecule has 0 saturated carbocycles. The Morgan fingerprint density at radius 2 is 1.94 bits per heavy atom. The van der Waals surface area contributed by atoms with Gasteiger partial charge in [-0.3, -0.25) is 4.79 Å². The van der Waals surface area contributed by atoms with Gasteiger partial charge in [-0.15, -0.1) is 0 Å². The molecule has 0 saturated heterocycles. The molecule has 0 aliphatic rings. The van der Waals surface area contributed by atoms with E-state index in [1.54, 1.807) is 0 Å². The number of carbonyl (C=O) groups excluding carboxylic acids is 1. The molecule has 1 amide bonds. The quantitative estimate of drug-likeness (QED) is 0.611. The van der Waals surface area contributed by atoms with Crippen LogP contribution >= 0.6 is 11.8 Å². The molecule has 0 aromatic heterocycles. The SMILES string of the molecule is O=C(O)NCCCC(=O)Sc1ccccc1. The van der Waals surface area contributed by atoms with Crippen molar-refractivity contribution in [3.05, 3.63) is 30.3 Å². The Balaban J connectivity index is 2.19. The lowest BCUT2D eigenvalue weighted by atomic mass is 10.3. The predicted molar refractivity (Wildman–Crippen MR) is 62.6 cm³/mol. The number of thioether (sulfide) groups is 1. The fraction of sp³-hybridized carbons (Fsp3) is 0.273. The van der Waals surface area contributed by atoms with Crippen molar-refractivity contribution in [2.24, 2.45) is 0 Å². The third-order valence-corrected chi connectivity index (χ3v) is 2.75. The molecule has 0 unspecified atom stereocenters. The smallest absolute Gasteiger partial charge is 0.404 e. The summed E-state index contributed by atoms with van der Waals surface area (Å²) in [7, 11) is 0. The summed E-state index contributed by atoms with van der Waals surface area (Å²) in [4.78, 5) is 22.5. The number of amides is 1. The summed E-state index contributed by atoms with van der Waals surface area (Å²) in [6, 6.07) is 9.39. The Kier molecular flexibility index (Phi) is 5.42. The van der Waals surface area contributed by atoms with Gasteiger partial charge in [0.15, 0.2) is 5.12 Å². The number of rotatable bonds is 5. The number of hydrogen-bond donors (Lipinski definition) is 2. The third kappa shape index (κ3) is 5.41. The van der Waals surface area contributed by atoms with Crippen molar-refractivity contribution >= 4 is 23.0 Å². The number of nitrogens with one attached hydrogen (secondary N) is 1. The lowest BCUT2D eigenvalue weighted by Gasteiger charge is -2.01. The molecule has 0 aliphatic heterocycles.